The number of nitrogens with one attached hydrogen (secondary N) is 1. The highest BCUT2D eigenvalue weighted by Crippen LogP contribution is 2.32. The fourth-order valence-electron chi connectivity index (χ4n) is 1.76. The largest absolute Gasteiger partial charge is 0.391 e. The smallest absolute Gasteiger partial charge is 0.254 e. The second-order valence-electron chi connectivity index (χ2n) is 4.42. The maximum absolute atomic E-state index is 11.8. The highest BCUT2D eigenvalue weighted by atomic mass is 16.3. The first-order valence-electron chi connectivity index (χ1n) is 5.54. The lowest BCUT2D eigenvalue weighted by Gasteiger charge is -2.09. The second-order valence-corrected chi connectivity index (χ2v) is 4.42. The first kappa shape index (κ1) is 11.1. The second kappa shape index (κ2) is 4.25. The summed E-state index contributed by atoms with van der Waals surface area (Å²) >= 11 is 0. The SMILES string of the molecule is Cc1nn(C)cc1C(=O)NCC(O)C1CC1. The van der Waals surface area contributed by atoms with Crippen LogP contribution < -0.4 is 5.32 Å². The molecule has 1 aromatic heterocycles. The average Bonchev–Trinajstić information content (AvgIpc) is 3.01. The van der Waals surface area contributed by atoms with E-state index in [9.17, 15) is 9.90 Å². The molecular formula is C11H17N3O2. The van der Waals surface area contributed by atoms with Crippen LogP contribution in [0.2, 0.25) is 0 Å². The van der Waals surface area contributed by atoms with Gasteiger partial charge >= 0.3 is 0 Å². The minimum absolute atomic E-state index is 0.162. The summed E-state index contributed by atoms with van der Waals surface area (Å²) < 4.78 is 1.61. The Morgan fingerprint density at radius 1 is 1.75 bits per heavy atom. The van der Waals surface area contributed by atoms with Crippen LogP contribution >= 0.6 is 0 Å². The summed E-state index contributed by atoms with van der Waals surface area (Å²) in [7, 11) is 1.78. The van der Waals surface area contributed by atoms with Gasteiger partial charge in [-0.15, -0.1) is 0 Å². The molecule has 0 radical (unpaired) electrons. The molecule has 1 fully saturated rings. The summed E-state index contributed by atoms with van der Waals surface area (Å²) in [5.41, 5.74) is 1.28. The number of hydrogen-bond donors (Lipinski definition) is 2. The standard InChI is InChI=1S/C11H17N3O2/c1-7-9(6-14(2)13-7)11(16)12-5-10(15)8-3-4-8/h6,8,10,15H,3-5H2,1-2H3,(H,12,16). The van der Waals surface area contributed by atoms with Gasteiger partial charge in [0.05, 0.1) is 17.4 Å². The topological polar surface area (TPSA) is 67.2 Å². The van der Waals surface area contributed by atoms with E-state index in [4.69, 9.17) is 0 Å². The maximum atomic E-state index is 11.8. The Morgan fingerprint density at radius 3 is 2.94 bits per heavy atom. The molecule has 0 bridgehead atoms. The zero-order valence-corrected chi connectivity index (χ0v) is 9.60. The molecule has 0 spiro atoms. The van der Waals surface area contributed by atoms with E-state index in [0.717, 1.165) is 12.8 Å². The Kier molecular flexibility index (Phi) is 2.96. The van der Waals surface area contributed by atoms with Crippen LogP contribution in [-0.2, 0) is 7.05 Å². The summed E-state index contributed by atoms with van der Waals surface area (Å²) in [5, 5.41) is 16.5. The zero-order chi connectivity index (χ0) is 11.7. The molecule has 0 aromatic carbocycles. The van der Waals surface area contributed by atoms with Crippen LogP contribution in [0.1, 0.15) is 28.9 Å². The van der Waals surface area contributed by atoms with E-state index < -0.39 is 6.10 Å². The van der Waals surface area contributed by atoms with E-state index in [0.29, 0.717) is 23.7 Å². The number of hydrogen-bond acceptors (Lipinski definition) is 3. The molecule has 2 rings (SSSR count). The predicted octanol–water partition coefficient (Wildman–Crippen LogP) is 0.229. The van der Waals surface area contributed by atoms with Gasteiger partial charge in [0.1, 0.15) is 0 Å². The van der Waals surface area contributed by atoms with Crippen molar-refractivity contribution in [1.29, 1.82) is 0 Å². The van der Waals surface area contributed by atoms with E-state index in [1.54, 1.807) is 24.9 Å². The van der Waals surface area contributed by atoms with Crippen molar-refractivity contribution in [3.8, 4) is 0 Å². The summed E-state index contributed by atoms with van der Waals surface area (Å²) in [6.07, 6.45) is 3.43. The molecule has 5 nitrogen and oxygen atoms in total. The normalized spacial score (nSPS) is 17.2. The maximum Gasteiger partial charge on any atom is 0.254 e. The van der Waals surface area contributed by atoms with E-state index in [1.807, 2.05) is 0 Å². The van der Waals surface area contributed by atoms with E-state index in [1.165, 1.54) is 0 Å². The van der Waals surface area contributed by atoms with Gasteiger partial charge in [-0.3, -0.25) is 9.48 Å². The van der Waals surface area contributed by atoms with Crippen LogP contribution in [0.4, 0.5) is 0 Å². The van der Waals surface area contributed by atoms with Crippen LogP contribution in [0.25, 0.3) is 0 Å². The van der Waals surface area contributed by atoms with Gasteiger partial charge in [-0.25, -0.2) is 0 Å². The fraction of sp³-hybridized carbons (Fsp3) is 0.636. The molecule has 1 aromatic rings. The van der Waals surface area contributed by atoms with E-state index >= 15 is 0 Å². The van der Waals surface area contributed by atoms with Crippen LogP contribution in [0.3, 0.4) is 0 Å². The number of aliphatic hydroxyl groups excluding tert-OH is 1. The first-order chi connectivity index (χ1) is 7.58. The molecule has 0 saturated heterocycles. The minimum atomic E-state index is -0.402. The number of amides is 1. The van der Waals surface area contributed by atoms with Crippen molar-refractivity contribution in [2.45, 2.75) is 25.9 Å². The lowest BCUT2D eigenvalue weighted by molar-refractivity contribution is 0.0900. The van der Waals surface area contributed by atoms with Gasteiger partial charge in [-0.05, 0) is 25.7 Å². The molecule has 1 heterocycles. The molecule has 1 unspecified atom stereocenters. The van der Waals surface area contributed by atoms with Gasteiger partial charge < -0.3 is 10.4 Å². The third kappa shape index (κ3) is 2.41. The van der Waals surface area contributed by atoms with E-state index in [2.05, 4.69) is 10.4 Å². The molecular weight excluding hydrogens is 206 g/mol. The number of carbonyl (C=O) groups excluding carboxylic acids is 1. The van der Waals surface area contributed by atoms with Gasteiger partial charge in [-0.1, -0.05) is 0 Å². The van der Waals surface area contributed by atoms with Crippen molar-refractivity contribution in [2.24, 2.45) is 13.0 Å². The highest BCUT2D eigenvalue weighted by molar-refractivity contribution is 5.94. The number of aryl methyl sites for hydroxylation is 2. The van der Waals surface area contributed by atoms with Crippen molar-refractivity contribution in [3.63, 3.8) is 0 Å². The Morgan fingerprint density at radius 2 is 2.44 bits per heavy atom. The predicted molar refractivity (Wildman–Crippen MR) is 59.0 cm³/mol. The highest BCUT2D eigenvalue weighted by Gasteiger charge is 2.29. The van der Waals surface area contributed by atoms with Gasteiger partial charge in [0.2, 0.25) is 0 Å². The van der Waals surface area contributed by atoms with Crippen LogP contribution in [0.5, 0.6) is 0 Å². The molecule has 1 aliphatic carbocycles. The molecule has 5 heteroatoms. The average molecular weight is 223 g/mol. The zero-order valence-electron chi connectivity index (χ0n) is 9.60. The number of aromatic nitrogens is 2. The van der Waals surface area contributed by atoms with E-state index in [-0.39, 0.29) is 5.91 Å². The Balaban J connectivity index is 1.89. The molecule has 2 N–H and O–H groups in total. The summed E-state index contributed by atoms with van der Waals surface area (Å²) in [6.45, 7) is 2.13. The first-order valence-corrected chi connectivity index (χ1v) is 5.54. The number of nitrogens with zero attached hydrogens (tertiary/aromatic N) is 2. The molecule has 88 valence electrons. The van der Waals surface area contributed by atoms with Crippen molar-refractivity contribution in [1.82, 2.24) is 15.1 Å². The van der Waals surface area contributed by atoms with Crippen molar-refractivity contribution in [3.05, 3.63) is 17.5 Å². The van der Waals surface area contributed by atoms with Gasteiger partial charge in [0, 0.05) is 19.8 Å². The monoisotopic (exact) mass is 223 g/mol. The summed E-state index contributed by atoms with van der Waals surface area (Å²) in [6, 6.07) is 0. The van der Waals surface area contributed by atoms with Crippen molar-refractivity contribution in [2.75, 3.05) is 6.54 Å². The van der Waals surface area contributed by atoms with Crippen LogP contribution in [-0.4, -0.2) is 33.4 Å². The lowest BCUT2D eigenvalue weighted by Crippen LogP contribution is -2.33. The summed E-state index contributed by atoms with van der Waals surface area (Å²) in [4.78, 5) is 11.8. The fourth-order valence-corrected chi connectivity index (χ4v) is 1.76. The molecule has 16 heavy (non-hydrogen) atoms. The molecule has 0 aliphatic heterocycles. The van der Waals surface area contributed by atoms with Gasteiger partial charge in [0.25, 0.3) is 5.91 Å². The Hall–Kier alpha value is -1.36. The van der Waals surface area contributed by atoms with Crippen LogP contribution in [0.15, 0.2) is 6.20 Å². The van der Waals surface area contributed by atoms with Crippen molar-refractivity contribution >= 4 is 5.91 Å². The molecule has 1 saturated carbocycles. The third-order valence-corrected chi connectivity index (χ3v) is 2.90. The van der Waals surface area contributed by atoms with Gasteiger partial charge in [0.15, 0.2) is 0 Å². The molecule has 1 atom stereocenters. The summed E-state index contributed by atoms with van der Waals surface area (Å²) in [5.74, 6) is 0.223. The minimum Gasteiger partial charge on any atom is -0.391 e. The Labute approximate surface area is 94.5 Å². The molecule has 1 amide bonds. The number of rotatable bonds is 4. The van der Waals surface area contributed by atoms with Crippen LogP contribution in [0, 0.1) is 12.8 Å². The molecule has 1 aliphatic rings. The number of aliphatic hydroxyl groups is 1. The van der Waals surface area contributed by atoms with Gasteiger partial charge in [-0.2, -0.15) is 5.10 Å². The lowest BCUT2D eigenvalue weighted by atomic mass is 10.2. The quantitative estimate of drug-likeness (QED) is 0.767. The third-order valence-electron chi connectivity index (χ3n) is 2.90. The number of carbonyl (C=O) groups is 1. The Bertz CT molecular complexity index is 396. The van der Waals surface area contributed by atoms with Crippen molar-refractivity contribution < 1.29 is 9.90 Å².